The van der Waals surface area contributed by atoms with Gasteiger partial charge in [0.05, 0.1) is 0 Å². The van der Waals surface area contributed by atoms with Gasteiger partial charge in [0.1, 0.15) is 17.2 Å². The average Bonchev–Trinajstić information content (AvgIpc) is 2.45. The molecule has 3 aromatic rings. The summed E-state index contributed by atoms with van der Waals surface area (Å²) in [6.45, 7) is 3.58. The van der Waals surface area contributed by atoms with Crippen LogP contribution in [0.3, 0.4) is 0 Å². The Morgan fingerprint density at radius 2 is 1.91 bits per heavy atom. The van der Waals surface area contributed by atoms with E-state index in [-0.39, 0.29) is 5.56 Å². The van der Waals surface area contributed by atoms with Gasteiger partial charge < -0.3 is 9.40 Å². The summed E-state index contributed by atoms with van der Waals surface area (Å²) in [6.07, 6.45) is 0. The molecule has 0 amide bonds. The van der Waals surface area contributed by atoms with Crippen molar-refractivity contribution in [3.05, 3.63) is 67.9 Å². The number of fused-ring (bicyclic) bond motifs is 1. The van der Waals surface area contributed by atoms with Crippen LogP contribution in [0.25, 0.3) is 22.1 Å². The second-order valence-corrected chi connectivity index (χ2v) is 5.14. The molecule has 0 radical (unpaired) electrons. The lowest BCUT2D eigenvalue weighted by Crippen LogP contribution is -2.12. The van der Waals surface area contributed by atoms with Gasteiger partial charge in [-0.2, -0.15) is 5.26 Å². The molecular weight excluding hydrogens is 280 g/mol. The van der Waals surface area contributed by atoms with Gasteiger partial charge in [0.15, 0.2) is 0 Å². The van der Waals surface area contributed by atoms with Crippen molar-refractivity contribution >= 4 is 11.0 Å². The number of hydrogen-bond donors (Lipinski definition) is 1. The molecular formula is C17H12N2O3. The molecule has 0 spiro atoms. The lowest BCUT2D eigenvalue weighted by atomic mass is 9.99. The van der Waals surface area contributed by atoms with E-state index in [1.165, 1.54) is 6.07 Å². The maximum atomic E-state index is 11.9. The molecule has 2 heterocycles. The van der Waals surface area contributed by atoms with E-state index >= 15 is 0 Å². The van der Waals surface area contributed by atoms with Crippen molar-refractivity contribution in [2.75, 3.05) is 0 Å². The second-order valence-electron chi connectivity index (χ2n) is 5.14. The van der Waals surface area contributed by atoms with E-state index in [2.05, 4.69) is 4.98 Å². The number of benzene rings is 1. The summed E-state index contributed by atoms with van der Waals surface area (Å²) in [6, 6.07) is 10.4. The van der Waals surface area contributed by atoms with Crippen LogP contribution in [0.5, 0.6) is 0 Å². The van der Waals surface area contributed by atoms with Crippen molar-refractivity contribution in [3.8, 4) is 17.2 Å². The van der Waals surface area contributed by atoms with E-state index in [4.69, 9.17) is 4.42 Å². The SMILES string of the molecule is Cc1cc(-c2ccc3c(C)cc(=O)oc3c2)c(C#N)c(=O)[nH]1. The molecule has 22 heavy (non-hydrogen) atoms. The first-order valence-electron chi connectivity index (χ1n) is 6.68. The molecule has 0 unspecified atom stereocenters. The zero-order chi connectivity index (χ0) is 15.9. The third-order valence-corrected chi connectivity index (χ3v) is 3.54. The van der Waals surface area contributed by atoms with Gasteiger partial charge in [-0.05, 0) is 37.1 Å². The molecule has 5 heteroatoms. The Hall–Kier alpha value is -3.13. The number of pyridine rings is 1. The number of aryl methyl sites for hydroxylation is 2. The summed E-state index contributed by atoms with van der Waals surface area (Å²) >= 11 is 0. The Balaban J connectivity index is 2.35. The van der Waals surface area contributed by atoms with Gasteiger partial charge in [0.2, 0.25) is 0 Å². The minimum Gasteiger partial charge on any atom is -0.423 e. The Labute approximate surface area is 125 Å². The third kappa shape index (κ3) is 2.21. The van der Waals surface area contributed by atoms with Crippen molar-refractivity contribution in [2.24, 2.45) is 0 Å². The first-order chi connectivity index (χ1) is 10.5. The van der Waals surface area contributed by atoms with Gasteiger partial charge >= 0.3 is 5.63 Å². The minimum absolute atomic E-state index is 0.0416. The van der Waals surface area contributed by atoms with E-state index in [0.717, 1.165) is 10.9 Å². The van der Waals surface area contributed by atoms with E-state index in [0.29, 0.717) is 22.4 Å². The number of aromatic amines is 1. The van der Waals surface area contributed by atoms with Crippen molar-refractivity contribution in [1.29, 1.82) is 5.26 Å². The molecule has 0 saturated heterocycles. The molecule has 0 atom stereocenters. The first kappa shape index (κ1) is 13.8. The summed E-state index contributed by atoms with van der Waals surface area (Å²) < 4.78 is 5.21. The zero-order valence-electron chi connectivity index (χ0n) is 12.1. The molecule has 5 nitrogen and oxygen atoms in total. The molecule has 0 fully saturated rings. The number of rotatable bonds is 1. The Bertz CT molecular complexity index is 1050. The Kier molecular flexibility index (Phi) is 3.15. The predicted octanol–water partition coefficient (Wildman–Crippen LogP) is 2.64. The number of H-pyrrole nitrogens is 1. The van der Waals surface area contributed by atoms with Crippen molar-refractivity contribution in [3.63, 3.8) is 0 Å². The molecule has 108 valence electrons. The molecule has 1 N–H and O–H groups in total. The highest BCUT2D eigenvalue weighted by atomic mass is 16.4. The van der Waals surface area contributed by atoms with Crippen LogP contribution in [0.2, 0.25) is 0 Å². The van der Waals surface area contributed by atoms with Crippen LogP contribution in [-0.4, -0.2) is 4.98 Å². The van der Waals surface area contributed by atoms with Crippen LogP contribution in [0.15, 0.2) is 44.3 Å². The highest BCUT2D eigenvalue weighted by molar-refractivity contribution is 5.86. The molecule has 0 saturated carbocycles. The van der Waals surface area contributed by atoms with E-state index in [1.807, 2.05) is 25.1 Å². The van der Waals surface area contributed by atoms with Gasteiger partial charge in [-0.3, -0.25) is 4.79 Å². The van der Waals surface area contributed by atoms with Crippen molar-refractivity contribution in [1.82, 2.24) is 4.98 Å². The van der Waals surface area contributed by atoms with Crippen molar-refractivity contribution in [2.45, 2.75) is 13.8 Å². The van der Waals surface area contributed by atoms with E-state index < -0.39 is 11.2 Å². The summed E-state index contributed by atoms with van der Waals surface area (Å²) in [5.41, 5.74) is 2.28. The monoisotopic (exact) mass is 292 g/mol. The van der Waals surface area contributed by atoms with Crippen LogP contribution in [0.4, 0.5) is 0 Å². The summed E-state index contributed by atoms with van der Waals surface area (Å²) in [7, 11) is 0. The van der Waals surface area contributed by atoms with Gasteiger partial charge in [0, 0.05) is 22.7 Å². The molecule has 0 aliphatic heterocycles. The Morgan fingerprint density at radius 3 is 2.64 bits per heavy atom. The van der Waals surface area contributed by atoms with Gasteiger partial charge in [-0.25, -0.2) is 4.79 Å². The minimum atomic E-state index is -0.428. The fourth-order valence-electron chi connectivity index (χ4n) is 2.52. The lowest BCUT2D eigenvalue weighted by Gasteiger charge is -2.07. The number of nitrogens with one attached hydrogen (secondary N) is 1. The van der Waals surface area contributed by atoms with Crippen LogP contribution < -0.4 is 11.2 Å². The highest BCUT2D eigenvalue weighted by Crippen LogP contribution is 2.26. The number of nitrogens with zero attached hydrogens (tertiary/aromatic N) is 1. The largest absolute Gasteiger partial charge is 0.423 e. The van der Waals surface area contributed by atoms with Crippen LogP contribution in [-0.2, 0) is 0 Å². The standard InChI is InChI=1S/C17H12N2O3/c1-9-5-16(20)22-15-7-11(3-4-12(9)15)13-6-10(2)19-17(21)14(13)8-18/h3-7H,1-2H3,(H,19,21). The quantitative estimate of drug-likeness (QED) is 0.698. The Morgan fingerprint density at radius 1 is 1.14 bits per heavy atom. The molecule has 0 aliphatic rings. The second kappa shape index (κ2) is 5.01. The van der Waals surface area contributed by atoms with Gasteiger partial charge in [-0.1, -0.05) is 12.1 Å². The normalized spacial score (nSPS) is 10.6. The smallest absolute Gasteiger partial charge is 0.336 e. The average molecular weight is 292 g/mol. The number of nitriles is 1. The predicted molar refractivity (Wildman–Crippen MR) is 82.7 cm³/mol. The molecule has 0 aliphatic carbocycles. The summed E-state index contributed by atoms with van der Waals surface area (Å²) in [5.74, 6) is 0. The topological polar surface area (TPSA) is 86.9 Å². The maximum absolute atomic E-state index is 11.9. The molecule has 3 rings (SSSR count). The number of hydrogen-bond acceptors (Lipinski definition) is 4. The molecule has 1 aromatic carbocycles. The van der Waals surface area contributed by atoms with Crippen LogP contribution >= 0.6 is 0 Å². The number of aromatic nitrogens is 1. The lowest BCUT2D eigenvalue weighted by molar-refractivity contribution is 0.560. The fraction of sp³-hybridized carbons (Fsp3) is 0.118. The first-order valence-corrected chi connectivity index (χ1v) is 6.68. The molecule has 2 aromatic heterocycles. The van der Waals surface area contributed by atoms with Gasteiger partial charge in [-0.15, -0.1) is 0 Å². The highest BCUT2D eigenvalue weighted by Gasteiger charge is 2.12. The van der Waals surface area contributed by atoms with Crippen molar-refractivity contribution < 1.29 is 4.42 Å². The zero-order valence-corrected chi connectivity index (χ0v) is 12.1. The fourth-order valence-corrected chi connectivity index (χ4v) is 2.52. The summed E-state index contributed by atoms with van der Waals surface area (Å²) in [4.78, 5) is 26.0. The summed E-state index contributed by atoms with van der Waals surface area (Å²) in [5, 5.41) is 10.0. The molecule has 0 bridgehead atoms. The maximum Gasteiger partial charge on any atom is 0.336 e. The van der Waals surface area contributed by atoms with Crippen LogP contribution in [0.1, 0.15) is 16.8 Å². The van der Waals surface area contributed by atoms with E-state index in [9.17, 15) is 14.9 Å². The van der Waals surface area contributed by atoms with Gasteiger partial charge in [0.25, 0.3) is 5.56 Å². The van der Waals surface area contributed by atoms with E-state index in [1.54, 1.807) is 19.1 Å². The van der Waals surface area contributed by atoms with Crippen LogP contribution in [0, 0.1) is 25.2 Å². The third-order valence-electron chi connectivity index (χ3n) is 3.54.